The van der Waals surface area contributed by atoms with Crippen LogP contribution in [-0.4, -0.2) is 240 Å². The number of benzene rings is 8. The first-order valence-electron chi connectivity index (χ1n) is 35.4. The van der Waals surface area contributed by atoms with Gasteiger partial charge < -0.3 is 0 Å². The molecule has 32 heteroatoms. The molecule has 8 aromatic rings. The summed E-state index contributed by atoms with van der Waals surface area (Å²) in [5.74, 6) is 6.56. The number of terminal acetylenes is 2. The maximum absolute atomic E-state index is 7.42. The van der Waals surface area contributed by atoms with E-state index < -0.39 is 0 Å². The van der Waals surface area contributed by atoms with Gasteiger partial charge in [0, 0.05) is 0 Å². The number of hydrogen-bond donors (Lipinski definition) is 0. The van der Waals surface area contributed by atoms with Gasteiger partial charge in [0.25, 0.3) is 0 Å². The fourth-order valence-electron chi connectivity index (χ4n) is 16.4. The molecule has 0 aliphatic heterocycles. The molecule has 0 amide bonds. The number of hydrogen-bond acceptors (Lipinski definition) is 2. The van der Waals surface area contributed by atoms with E-state index in [0.717, 1.165) is 79.3 Å². The Labute approximate surface area is 610 Å². The Morgan fingerprint density at radius 2 is 0.866 bits per heavy atom. The number of rotatable bonds is 16. The van der Waals surface area contributed by atoms with Crippen molar-refractivity contribution in [3.05, 3.63) is 139 Å². The van der Waals surface area contributed by atoms with Gasteiger partial charge in [-0.25, -0.2) is 0 Å². The van der Waals surface area contributed by atoms with Crippen molar-refractivity contribution in [2.75, 3.05) is 9.80 Å². The number of anilines is 2. The topological polar surface area (TPSA) is 6.48 Å². The Bertz CT molecular complexity index is 5060. The van der Waals surface area contributed by atoms with Crippen LogP contribution < -0.4 is 119 Å². The molecule has 97 heavy (non-hydrogen) atoms. The monoisotopic (exact) mass is 1220 g/mol. The van der Waals surface area contributed by atoms with Crippen LogP contribution in [0.1, 0.15) is 35.6 Å². The Balaban J connectivity index is 1.50. The standard InChI is InChI=1S/C65H80B30N2/c1-4-28(69)41(71)42(72)33(18-67)96(29(5-2)26(38-47(77)55(85)61(91)56(86)48(38)78)15-23(17-66)37-45(75)53(83)60(90)54(84)46(37)76)30-12-8-20-7-11-25-31(13-9-21-6-10-24(30)34(20)35(21)25)97(64(65(94)95)63(93)40(70)19(3)68)32-16-22(36-43(73)51(81)59(89)52(82)44(36)74)14-27(32)39-49(79)57(87)62(92)58(88)50(39)80/h1-2,6-15,94H,16-18,66-93,95H2,3H3/b23-15+,29-26-,40-19-,41-28-,42-33-,64-63-. The third kappa shape index (κ3) is 12.5. The molecule has 8 aromatic carbocycles. The van der Waals surface area contributed by atoms with Gasteiger partial charge in [-0.1, -0.05) is 39.6 Å². The molecule has 0 fully saturated rings. The average molecular weight is 1210 g/mol. The molecule has 0 unspecified atom stereocenters. The van der Waals surface area contributed by atoms with Crippen molar-refractivity contribution < 1.29 is 0 Å². The summed E-state index contributed by atoms with van der Waals surface area (Å²) in [5, 5.41) is 8.03. The van der Waals surface area contributed by atoms with Gasteiger partial charge in [-0.05, 0) is 28.2 Å². The van der Waals surface area contributed by atoms with Gasteiger partial charge in [0.05, 0.1) is 0 Å². The minimum absolute atomic E-state index is 0.678. The fourth-order valence-corrected chi connectivity index (χ4v) is 16.4. The van der Waals surface area contributed by atoms with E-state index in [0.29, 0.717) is 6.32 Å². The molecule has 2 nitrogen and oxygen atoms in total. The van der Waals surface area contributed by atoms with E-state index in [9.17, 15) is 0 Å². The number of allylic oxidation sites excluding steroid dienone is 15. The molecule has 0 aromatic heterocycles. The van der Waals surface area contributed by atoms with E-state index in [1.54, 1.807) is 0 Å². The summed E-state index contributed by atoms with van der Waals surface area (Å²) in [6, 6.07) is 18.9. The third-order valence-electron chi connectivity index (χ3n) is 24.5. The minimum atomic E-state index is 0.678. The Kier molecular flexibility index (Phi) is 22.1. The van der Waals surface area contributed by atoms with Crippen LogP contribution >= 0.6 is 0 Å². The maximum atomic E-state index is 7.42. The van der Waals surface area contributed by atoms with Gasteiger partial charge in [-0.15, -0.1) is 45.6 Å². The zero-order valence-corrected chi connectivity index (χ0v) is 65.2. The van der Waals surface area contributed by atoms with Crippen LogP contribution in [0.3, 0.4) is 0 Å². The van der Waals surface area contributed by atoms with Gasteiger partial charge in [0.2, 0.25) is 0 Å². The molecule has 0 bridgehead atoms. The fraction of sp³-hybridized carbons (Fsp3) is 0.0615. The van der Waals surface area contributed by atoms with Crippen molar-refractivity contribution in [3.63, 3.8) is 0 Å². The second kappa shape index (κ2) is 28.8. The SMILES string of the molecule is B=C(B)/C(=C(B)\C(B)=C(\B)C)N(C1=C(c2c(B)c(B)c(B)c(B)c2B)C=C(c2c(B)c(B)c(B)c(B)c2B)C1)c1ccc2ccc3c(N(/C(C#C)=C(/C=C(\CB)c4c(B)c(B)c(B)c(B)c4B)c4c(B)c(B)c(B)c(B)c4B)/C(CB)=C(B)/C(B)=C(/B)C#C)ccc4ccc1c2c43. The van der Waals surface area contributed by atoms with E-state index in [-0.39, 0.29) is 0 Å². The predicted octanol–water partition coefficient (Wildman–Crippen LogP) is -28.5. The van der Waals surface area contributed by atoms with Crippen LogP contribution in [0.2, 0.25) is 12.6 Å². The van der Waals surface area contributed by atoms with Crippen LogP contribution in [0.15, 0.2) is 116 Å². The van der Waals surface area contributed by atoms with Gasteiger partial charge in [0.15, 0.2) is 0 Å². The molecule has 0 radical (unpaired) electrons. The first-order chi connectivity index (χ1) is 45.6. The summed E-state index contributed by atoms with van der Waals surface area (Å²) in [5.41, 5.74) is 49.8. The van der Waals surface area contributed by atoms with E-state index in [2.05, 4.69) is 317 Å². The van der Waals surface area contributed by atoms with E-state index in [1.807, 2.05) is 0 Å². The zero-order chi connectivity index (χ0) is 71.9. The van der Waals surface area contributed by atoms with E-state index >= 15 is 0 Å². The van der Waals surface area contributed by atoms with Crippen molar-refractivity contribution in [1.82, 2.24) is 0 Å². The normalized spacial score (nSPS) is 13.9. The molecule has 1 aliphatic rings. The summed E-state index contributed by atoms with van der Waals surface area (Å²) in [7, 11) is 71.2. The van der Waals surface area contributed by atoms with Crippen LogP contribution in [0.25, 0.3) is 54.6 Å². The van der Waals surface area contributed by atoms with Crippen molar-refractivity contribution in [3.8, 4) is 24.7 Å². The van der Waals surface area contributed by atoms with Crippen LogP contribution in [-0.2, 0) is 0 Å². The Hall–Kier alpha value is -6.74. The first-order valence-corrected chi connectivity index (χ1v) is 35.4. The Morgan fingerprint density at radius 1 is 0.464 bits per heavy atom. The molecule has 0 heterocycles. The molecule has 1 aliphatic carbocycles. The summed E-state index contributed by atoms with van der Waals surface area (Å²) in [6.45, 7) is 2.24. The average Bonchev–Trinajstić information content (AvgIpc) is 1.28. The molecule has 0 spiro atoms. The molecule has 0 N–H and O–H groups in total. The summed E-state index contributed by atoms with van der Waals surface area (Å²) in [6.07, 6.45) is 21.0. The predicted molar refractivity (Wildman–Crippen MR) is 529 cm³/mol. The zero-order valence-electron chi connectivity index (χ0n) is 65.2. The van der Waals surface area contributed by atoms with Crippen molar-refractivity contribution in [1.29, 1.82) is 0 Å². The van der Waals surface area contributed by atoms with Gasteiger partial charge >= 0.3 is 384 Å². The molecule has 9 rings (SSSR count). The summed E-state index contributed by atoms with van der Waals surface area (Å²) >= 11 is 0. The summed E-state index contributed by atoms with van der Waals surface area (Å²) in [4.78, 5) is 5.13. The van der Waals surface area contributed by atoms with Gasteiger partial charge in [-0.3, -0.25) is 0 Å². The second-order valence-corrected chi connectivity index (χ2v) is 29.1. The third-order valence-corrected chi connectivity index (χ3v) is 24.5. The molecule has 440 valence electrons. The van der Waals surface area contributed by atoms with Crippen LogP contribution in [0.4, 0.5) is 11.4 Å². The van der Waals surface area contributed by atoms with Crippen molar-refractivity contribution in [2.45, 2.75) is 26.0 Å². The van der Waals surface area contributed by atoms with Crippen LogP contribution in [0, 0.1) is 24.7 Å². The molecular weight excluding hydrogens is 1130 g/mol. The van der Waals surface area contributed by atoms with E-state index in [1.165, 1.54) is 192 Å². The molecule has 0 saturated carbocycles. The molecule has 0 atom stereocenters. The van der Waals surface area contributed by atoms with Gasteiger partial charge in [0.1, 0.15) is 118 Å². The summed E-state index contributed by atoms with van der Waals surface area (Å²) < 4.78 is 0. The van der Waals surface area contributed by atoms with Crippen molar-refractivity contribution in [2.24, 2.45) is 0 Å². The Morgan fingerprint density at radius 3 is 1.28 bits per heavy atom. The van der Waals surface area contributed by atoms with Crippen LogP contribution in [0.5, 0.6) is 0 Å². The van der Waals surface area contributed by atoms with E-state index in [4.69, 9.17) is 20.3 Å². The molecule has 0 saturated heterocycles. The second-order valence-electron chi connectivity index (χ2n) is 29.1. The first kappa shape index (κ1) is 74.5. The molecular formula is C65H80B30N2. The van der Waals surface area contributed by atoms with Gasteiger partial charge in [-0.2, -0.15) is 0 Å². The number of nitrogens with zero attached hydrogens (tertiary/aromatic N) is 2. The van der Waals surface area contributed by atoms with Crippen molar-refractivity contribution >= 4 is 416 Å². The quantitative estimate of drug-likeness (QED) is 0.0412.